The highest BCUT2D eigenvalue weighted by molar-refractivity contribution is 5.89. The Kier molecular flexibility index (Phi) is 6.22. The van der Waals surface area contributed by atoms with Gasteiger partial charge in [0.25, 0.3) is 0 Å². The van der Waals surface area contributed by atoms with Gasteiger partial charge < -0.3 is 15.2 Å². The molecule has 0 bridgehead atoms. The monoisotopic (exact) mass is 456 g/mol. The lowest BCUT2D eigenvalue weighted by Gasteiger charge is -2.18. The third kappa shape index (κ3) is 5.24. The van der Waals surface area contributed by atoms with Crippen molar-refractivity contribution in [1.29, 1.82) is 0 Å². The van der Waals surface area contributed by atoms with Crippen LogP contribution in [0.2, 0.25) is 0 Å². The van der Waals surface area contributed by atoms with Crippen LogP contribution >= 0.6 is 0 Å². The van der Waals surface area contributed by atoms with E-state index >= 15 is 0 Å². The molecule has 9 heteroatoms. The number of carbonyl (C=O) groups excluding carboxylic acids is 2. The van der Waals surface area contributed by atoms with Crippen molar-refractivity contribution in [3.63, 3.8) is 0 Å². The minimum atomic E-state index is -4.45. The number of aromatic nitrogens is 2. The third-order valence-corrected chi connectivity index (χ3v) is 5.66. The fourth-order valence-corrected chi connectivity index (χ4v) is 3.89. The molecule has 2 N–H and O–H groups in total. The zero-order valence-corrected chi connectivity index (χ0v) is 17.9. The molecule has 4 rings (SSSR count). The van der Waals surface area contributed by atoms with E-state index in [2.05, 4.69) is 15.3 Å². The standard InChI is InChI=1S/C24H23F3N4O2/c1-15(22-28-12-20(30-22)17-7-3-2-4-8-17)29-23(33)18-11-21(32)31(14-18)13-16-6-5-9-19(10-16)24(25,26)27/h2-10,12,15,18H,11,13-14H2,1H3,(H,28,30)(H,29,33). The number of rotatable bonds is 6. The van der Waals surface area contributed by atoms with Crippen LogP contribution in [0, 0.1) is 5.92 Å². The van der Waals surface area contributed by atoms with Crippen LogP contribution in [-0.4, -0.2) is 33.2 Å². The number of benzene rings is 2. The molecule has 172 valence electrons. The van der Waals surface area contributed by atoms with Crippen molar-refractivity contribution in [3.05, 3.63) is 77.7 Å². The van der Waals surface area contributed by atoms with Crippen molar-refractivity contribution in [3.8, 4) is 11.3 Å². The van der Waals surface area contributed by atoms with Gasteiger partial charge in [0.1, 0.15) is 5.82 Å². The third-order valence-electron chi connectivity index (χ3n) is 5.66. The molecule has 0 saturated carbocycles. The Balaban J connectivity index is 1.36. The summed E-state index contributed by atoms with van der Waals surface area (Å²) < 4.78 is 38.8. The number of hydrogen-bond acceptors (Lipinski definition) is 3. The van der Waals surface area contributed by atoms with Gasteiger partial charge >= 0.3 is 6.18 Å². The summed E-state index contributed by atoms with van der Waals surface area (Å²) in [6, 6.07) is 14.1. The largest absolute Gasteiger partial charge is 0.416 e. The van der Waals surface area contributed by atoms with Crippen LogP contribution in [0.3, 0.4) is 0 Å². The van der Waals surface area contributed by atoms with Crippen molar-refractivity contribution in [2.24, 2.45) is 5.92 Å². The van der Waals surface area contributed by atoms with Crippen molar-refractivity contribution >= 4 is 11.8 Å². The quantitative estimate of drug-likeness (QED) is 0.580. The number of likely N-dealkylation sites (tertiary alicyclic amines) is 1. The summed E-state index contributed by atoms with van der Waals surface area (Å²) in [7, 11) is 0. The molecule has 1 aliphatic rings. The molecule has 2 atom stereocenters. The summed E-state index contributed by atoms with van der Waals surface area (Å²) in [5, 5.41) is 2.88. The van der Waals surface area contributed by atoms with Crippen LogP contribution in [0.4, 0.5) is 13.2 Å². The topological polar surface area (TPSA) is 78.1 Å². The van der Waals surface area contributed by atoms with Crippen LogP contribution in [0.1, 0.15) is 36.3 Å². The van der Waals surface area contributed by atoms with E-state index in [1.165, 1.54) is 11.0 Å². The van der Waals surface area contributed by atoms with Crippen molar-refractivity contribution < 1.29 is 22.8 Å². The summed E-state index contributed by atoms with van der Waals surface area (Å²) >= 11 is 0. The van der Waals surface area contributed by atoms with Crippen LogP contribution < -0.4 is 5.32 Å². The van der Waals surface area contributed by atoms with E-state index in [9.17, 15) is 22.8 Å². The molecule has 0 spiro atoms. The maximum Gasteiger partial charge on any atom is 0.416 e. The number of alkyl halides is 3. The number of nitrogens with one attached hydrogen (secondary N) is 2. The van der Waals surface area contributed by atoms with Crippen LogP contribution in [0.25, 0.3) is 11.3 Å². The molecule has 6 nitrogen and oxygen atoms in total. The highest BCUT2D eigenvalue weighted by Gasteiger charge is 2.35. The Bertz CT molecular complexity index is 1140. The summed E-state index contributed by atoms with van der Waals surface area (Å²) in [6.45, 7) is 1.98. The van der Waals surface area contributed by atoms with Gasteiger partial charge in [0.05, 0.1) is 29.4 Å². The SMILES string of the molecule is CC(NC(=O)C1CC(=O)N(Cc2cccc(C(F)(F)F)c2)C1)c1ncc(-c2ccccc2)[nH]1. The summed E-state index contributed by atoms with van der Waals surface area (Å²) in [5.41, 5.74) is 1.41. The molecule has 3 aromatic rings. The second-order valence-electron chi connectivity index (χ2n) is 8.15. The van der Waals surface area contributed by atoms with E-state index in [0.717, 1.165) is 23.4 Å². The predicted molar refractivity (Wildman–Crippen MR) is 116 cm³/mol. The van der Waals surface area contributed by atoms with Gasteiger partial charge in [-0.15, -0.1) is 0 Å². The molecule has 2 heterocycles. The molecule has 2 unspecified atom stereocenters. The van der Waals surface area contributed by atoms with E-state index in [4.69, 9.17) is 0 Å². The molecule has 2 amide bonds. The molecule has 1 fully saturated rings. The highest BCUT2D eigenvalue weighted by atomic mass is 19.4. The maximum absolute atomic E-state index is 12.9. The second kappa shape index (κ2) is 9.09. The molecule has 33 heavy (non-hydrogen) atoms. The van der Waals surface area contributed by atoms with Crippen LogP contribution in [-0.2, 0) is 22.3 Å². The van der Waals surface area contributed by atoms with Crippen molar-refractivity contribution in [2.45, 2.75) is 32.1 Å². The second-order valence-corrected chi connectivity index (χ2v) is 8.15. The first kappa shape index (κ1) is 22.6. The van der Waals surface area contributed by atoms with E-state index in [-0.39, 0.29) is 31.3 Å². The van der Waals surface area contributed by atoms with E-state index < -0.39 is 23.7 Å². The van der Waals surface area contributed by atoms with Gasteiger partial charge in [0.2, 0.25) is 11.8 Å². The predicted octanol–water partition coefficient (Wildman–Crippen LogP) is 4.32. The Hall–Kier alpha value is -3.62. The lowest BCUT2D eigenvalue weighted by atomic mass is 10.1. The number of H-pyrrole nitrogens is 1. The van der Waals surface area contributed by atoms with Crippen molar-refractivity contribution in [2.75, 3.05) is 6.54 Å². The van der Waals surface area contributed by atoms with Gasteiger partial charge in [-0.05, 0) is 30.2 Å². The summed E-state index contributed by atoms with van der Waals surface area (Å²) in [6.07, 6.45) is -2.73. The summed E-state index contributed by atoms with van der Waals surface area (Å²) in [5.74, 6) is -0.536. The number of halogens is 3. The fraction of sp³-hybridized carbons (Fsp3) is 0.292. The number of aromatic amines is 1. The molecule has 1 saturated heterocycles. The summed E-state index contributed by atoms with van der Waals surface area (Å²) in [4.78, 5) is 34.1. The molecular formula is C24H23F3N4O2. The Morgan fingerprint density at radius 2 is 1.97 bits per heavy atom. The molecule has 0 radical (unpaired) electrons. The lowest BCUT2D eigenvalue weighted by Crippen LogP contribution is -2.34. The van der Waals surface area contributed by atoms with Gasteiger partial charge in [-0.25, -0.2) is 4.98 Å². The lowest BCUT2D eigenvalue weighted by molar-refractivity contribution is -0.137. The normalized spacial score (nSPS) is 17.3. The zero-order chi connectivity index (χ0) is 23.6. The first-order valence-corrected chi connectivity index (χ1v) is 10.6. The number of nitrogens with zero attached hydrogens (tertiary/aromatic N) is 2. The Morgan fingerprint density at radius 1 is 1.21 bits per heavy atom. The van der Waals surface area contributed by atoms with E-state index in [1.54, 1.807) is 19.2 Å². The smallest absolute Gasteiger partial charge is 0.346 e. The first-order valence-electron chi connectivity index (χ1n) is 10.6. The molecular weight excluding hydrogens is 433 g/mol. The fourth-order valence-electron chi connectivity index (χ4n) is 3.89. The maximum atomic E-state index is 12.9. The highest BCUT2D eigenvalue weighted by Crippen LogP contribution is 2.30. The number of imidazole rings is 1. The van der Waals surface area contributed by atoms with E-state index in [1.807, 2.05) is 30.3 Å². The van der Waals surface area contributed by atoms with Crippen LogP contribution in [0.5, 0.6) is 0 Å². The van der Waals surface area contributed by atoms with Gasteiger partial charge in [-0.2, -0.15) is 13.2 Å². The minimum absolute atomic E-state index is 0.0188. The average Bonchev–Trinajstić information content (AvgIpc) is 3.42. The number of carbonyl (C=O) groups is 2. The minimum Gasteiger partial charge on any atom is -0.346 e. The van der Waals surface area contributed by atoms with E-state index in [0.29, 0.717) is 11.4 Å². The molecule has 2 aromatic carbocycles. The molecule has 1 aliphatic heterocycles. The van der Waals surface area contributed by atoms with Gasteiger partial charge in [-0.3, -0.25) is 9.59 Å². The average molecular weight is 456 g/mol. The van der Waals surface area contributed by atoms with Gasteiger partial charge in [0.15, 0.2) is 0 Å². The van der Waals surface area contributed by atoms with Gasteiger partial charge in [0, 0.05) is 19.5 Å². The van der Waals surface area contributed by atoms with Gasteiger partial charge in [-0.1, -0.05) is 42.5 Å². The molecule has 1 aromatic heterocycles. The Morgan fingerprint density at radius 3 is 2.70 bits per heavy atom. The zero-order valence-electron chi connectivity index (χ0n) is 17.9. The van der Waals surface area contributed by atoms with Crippen LogP contribution in [0.15, 0.2) is 60.8 Å². The molecule has 0 aliphatic carbocycles. The Labute approximate surface area is 188 Å². The first-order chi connectivity index (χ1) is 15.7. The van der Waals surface area contributed by atoms with Crippen molar-refractivity contribution in [1.82, 2.24) is 20.2 Å². The number of amides is 2. The number of hydrogen-bond donors (Lipinski definition) is 2.